The van der Waals surface area contributed by atoms with Crippen LogP contribution in [0, 0.1) is 17.0 Å². The summed E-state index contributed by atoms with van der Waals surface area (Å²) in [7, 11) is 0. The third-order valence-electron chi connectivity index (χ3n) is 5.17. The molecular formula is C18H26ClN3O3. The van der Waals surface area contributed by atoms with Gasteiger partial charge in [-0.2, -0.15) is 0 Å². The van der Waals surface area contributed by atoms with Crippen molar-refractivity contribution in [3.63, 3.8) is 0 Å². The predicted molar refractivity (Wildman–Crippen MR) is 99.7 cm³/mol. The first kappa shape index (κ1) is 18.4. The van der Waals surface area contributed by atoms with Gasteiger partial charge in [0, 0.05) is 31.8 Å². The number of halogens is 1. The summed E-state index contributed by atoms with van der Waals surface area (Å²) in [5.41, 5.74) is 1.82. The monoisotopic (exact) mass is 367 g/mol. The van der Waals surface area contributed by atoms with Crippen molar-refractivity contribution in [1.82, 2.24) is 4.90 Å². The van der Waals surface area contributed by atoms with Gasteiger partial charge in [0.15, 0.2) is 0 Å². The molecule has 0 aliphatic carbocycles. The molecule has 2 aliphatic rings. The quantitative estimate of drug-likeness (QED) is 0.567. The fraction of sp³-hybridized carbons (Fsp3) is 0.667. The molecule has 0 unspecified atom stereocenters. The number of benzene rings is 1. The highest BCUT2D eigenvalue weighted by Crippen LogP contribution is 2.35. The van der Waals surface area contributed by atoms with Crippen LogP contribution in [0.3, 0.4) is 0 Å². The zero-order valence-electron chi connectivity index (χ0n) is 14.7. The van der Waals surface area contributed by atoms with Gasteiger partial charge in [0.2, 0.25) is 0 Å². The first-order valence-electron chi connectivity index (χ1n) is 9.08. The minimum Gasteiger partial charge on any atom is -0.377 e. The predicted octanol–water partition coefficient (Wildman–Crippen LogP) is 3.64. The number of rotatable bonds is 6. The van der Waals surface area contributed by atoms with Crippen molar-refractivity contribution in [2.24, 2.45) is 0 Å². The molecular weight excluding hydrogens is 342 g/mol. The molecule has 138 valence electrons. The highest BCUT2D eigenvalue weighted by molar-refractivity contribution is 6.33. The van der Waals surface area contributed by atoms with Crippen LogP contribution < -0.4 is 4.90 Å². The molecule has 2 fully saturated rings. The van der Waals surface area contributed by atoms with E-state index in [0.29, 0.717) is 11.1 Å². The second-order valence-electron chi connectivity index (χ2n) is 6.96. The number of nitro groups is 1. The van der Waals surface area contributed by atoms with Crippen molar-refractivity contribution >= 4 is 23.0 Å². The van der Waals surface area contributed by atoms with Crippen LogP contribution in [0.2, 0.25) is 5.02 Å². The van der Waals surface area contributed by atoms with E-state index in [-0.39, 0.29) is 5.69 Å². The molecule has 0 N–H and O–H groups in total. The summed E-state index contributed by atoms with van der Waals surface area (Å²) < 4.78 is 6.05. The maximum absolute atomic E-state index is 10.9. The lowest BCUT2D eigenvalue weighted by atomic mass is 10.0. The largest absolute Gasteiger partial charge is 0.377 e. The normalized spacial score (nSPS) is 19.5. The molecule has 0 amide bonds. The van der Waals surface area contributed by atoms with Crippen LogP contribution in [0.4, 0.5) is 11.4 Å². The lowest BCUT2D eigenvalue weighted by Crippen LogP contribution is -2.38. The molecule has 0 bridgehead atoms. The molecule has 2 saturated heterocycles. The van der Waals surface area contributed by atoms with Crippen LogP contribution >= 0.6 is 11.6 Å². The first-order valence-corrected chi connectivity index (χ1v) is 9.46. The van der Waals surface area contributed by atoms with Gasteiger partial charge in [-0.1, -0.05) is 11.6 Å². The van der Waals surface area contributed by atoms with Gasteiger partial charge in [-0.3, -0.25) is 10.1 Å². The molecule has 2 aliphatic heterocycles. The number of ether oxygens (including phenoxy) is 1. The Balaban J connectivity index is 1.51. The third-order valence-corrected chi connectivity index (χ3v) is 5.46. The Morgan fingerprint density at radius 3 is 2.52 bits per heavy atom. The molecule has 0 aromatic heterocycles. The van der Waals surface area contributed by atoms with Crippen LogP contribution in [0.5, 0.6) is 0 Å². The van der Waals surface area contributed by atoms with E-state index < -0.39 is 4.92 Å². The Morgan fingerprint density at radius 2 is 1.92 bits per heavy atom. The molecule has 6 nitrogen and oxygen atoms in total. The summed E-state index contributed by atoms with van der Waals surface area (Å²) in [6, 6.07) is 3.04. The standard InChI is InChI=1S/C18H26ClN3O3/c1-14-12-15(22(23)24)13-17(19)18(14)21-8-4-16(5-9-21)25-11-10-20-6-2-3-7-20/h12-13,16H,2-11H2,1H3. The van der Waals surface area contributed by atoms with Gasteiger partial charge in [-0.05, 0) is 51.3 Å². The van der Waals surface area contributed by atoms with Gasteiger partial charge >= 0.3 is 0 Å². The van der Waals surface area contributed by atoms with Gasteiger partial charge in [0.05, 0.1) is 28.3 Å². The first-order chi connectivity index (χ1) is 12.0. The van der Waals surface area contributed by atoms with Gasteiger partial charge in [-0.15, -0.1) is 0 Å². The van der Waals surface area contributed by atoms with Crippen molar-refractivity contribution in [3.8, 4) is 0 Å². The van der Waals surface area contributed by atoms with E-state index in [0.717, 1.165) is 50.3 Å². The Kier molecular flexibility index (Phi) is 6.15. The smallest absolute Gasteiger partial charge is 0.271 e. The summed E-state index contributed by atoms with van der Waals surface area (Å²) in [6.07, 6.45) is 4.86. The number of anilines is 1. The topological polar surface area (TPSA) is 58.9 Å². The summed E-state index contributed by atoms with van der Waals surface area (Å²) in [5, 5.41) is 11.4. The average molecular weight is 368 g/mol. The number of piperidine rings is 1. The van der Waals surface area contributed by atoms with Gasteiger partial charge in [0.1, 0.15) is 0 Å². The molecule has 1 aromatic rings. The van der Waals surface area contributed by atoms with Crippen LogP contribution in [-0.2, 0) is 4.74 Å². The second-order valence-corrected chi connectivity index (χ2v) is 7.36. The third kappa shape index (κ3) is 4.63. The molecule has 1 aromatic carbocycles. The van der Waals surface area contributed by atoms with E-state index in [9.17, 15) is 10.1 Å². The van der Waals surface area contributed by atoms with Crippen LogP contribution in [0.25, 0.3) is 0 Å². The van der Waals surface area contributed by atoms with E-state index in [1.54, 1.807) is 6.07 Å². The van der Waals surface area contributed by atoms with Crippen molar-refractivity contribution in [2.75, 3.05) is 44.2 Å². The molecule has 3 rings (SSSR count). The number of aryl methyl sites for hydroxylation is 1. The minimum absolute atomic E-state index is 0.0476. The van der Waals surface area contributed by atoms with Crippen molar-refractivity contribution < 1.29 is 9.66 Å². The molecule has 2 heterocycles. The van der Waals surface area contributed by atoms with E-state index in [4.69, 9.17) is 16.3 Å². The van der Waals surface area contributed by atoms with E-state index in [2.05, 4.69) is 9.80 Å². The summed E-state index contributed by atoms with van der Waals surface area (Å²) in [6.45, 7) is 7.88. The van der Waals surface area contributed by atoms with E-state index in [1.807, 2.05) is 6.92 Å². The highest BCUT2D eigenvalue weighted by Gasteiger charge is 2.24. The number of nitrogens with zero attached hydrogens (tertiary/aromatic N) is 3. The molecule has 0 radical (unpaired) electrons. The van der Waals surface area contributed by atoms with E-state index >= 15 is 0 Å². The summed E-state index contributed by atoms with van der Waals surface area (Å²) >= 11 is 6.32. The lowest BCUT2D eigenvalue weighted by molar-refractivity contribution is -0.384. The zero-order valence-corrected chi connectivity index (χ0v) is 15.5. The molecule has 0 spiro atoms. The van der Waals surface area contributed by atoms with Crippen LogP contribution in [-0.4, -0.2) is 55.3 Å². The molecule has 0 atom stereocenters. The highest BCUT2D eigenvalue weighted by atomic mass is 35.5. The second kappa shape index (κ2) is 8.34. The van der Waals surface area contributed by atoms with Crippen LogP contribution in [0.15, 0.2) is 12.1 Å². The maximum Gasteiger partial charge on any atom is 0.271 e. The zero-order chi connectivity index (χ0) is 17.8. The van der Waals surface area contributed by atoms with Gasteiger partial charge in [0.25, 0.3) is 5.69 Å². The number of non-ortho nitro benzene ring substituents is 1. The number of nitro benzene ring substituents is 1. The number of hydrogen-bond donors (Lipinski definition) is 0. The van der Waals surface area contributed by atoms with Crippen molar-refractivity contribution in [3.05, 3.63) is 32.8 Å². The summed E-state index contributed by atoms with van der Waals surface area (Å²) in [5.74, 6) is 0. The van der Waals surface area contributed by atoms with E-state index in [1.165, 1.54) is 32.0 Å². The Labute approximate surface area is 153 Å². The molecule has 7 heteroatoms. The SMILES string of the molecule is Cc1cc([N+](=O)[O-])cc(Cl)c1N1CCC(OCCN2CCCC2)CC1. The average Bonchev–Trinajstić information content (AvgIpc) is 3.09. The Morgan fingerprint density at radius 1 is 1.24 bits per heavy atom. The number of hydrogen-bond acceptors (Lipinski definition) is 5. The summed E-state index contributed by atoms with van der Waals surface area (Å²) in [4.78, 5) is 15.2. The Hall–Kier alpha value is -1.37. The van der Waals surface area contributed by atoms with Crippen LogP contribution in [0.1, 0.15) is 31.2 Å². The molecule has 25 heavy (non-hydrogen) atoms. The van der Waals surface area contributed by atoms with Gasteiger partial charge in [-0.25, -0.2) is 0 Å². The minimum atomic E-state index is -0.400. The van der Waals surface area contributed by atoms with Gasteiger partial charge < -0.3 is 14.5 Å². The Bertz CT molecular complexity index is 589. The fourth-order valence-electron chi connectivity index (χ4n) is 3.83. The molecule has 0 saturated carbocycles. The fourth-order valence-corrected chi connectivity index (χ4v) is 4.21. The lowest BCUT2D eigenvalue weighted by Gasteiger charge is -2.35. The van der Waals surface area contributed by atoms with Crippen molar-refractivity contribution in [1.29, 1.82) is 0 Å². The van der Waals surface area contributed by atoms with Crippen molar-refractivity contribution in [2.45, 2.75) is 38.7 Å². The maximum atomic E-state index is 10.9. The number of likely N-dealkylation sites (tertiary alicyclic amines) is 1.